The zero-order chi connectivity index (χ0) is 14.7. The third-order valence-corrected chi connectivity index (χ3v) is 4.22. The number of piperidine rings is 1. The number of rotatable bonds is 3. The topological polar surface area (TPSA) is 52.6 Å². The van der Waals surface area contributed by atoms with E-state index in [2.05, 4.69) is 17.1 Å². The molecule has 1 aliphatic heterocycles. The van der Waals surface area contributed by atoms with Crippen molar-refractivity contribution < 1.29 is 9.90 Å². The largest absolute Gasteiger partial charge is 0.508 e. The Morgan fingerprint density at radius 1 is 1.45 bits per heavy atom. The number of aryl methyl sites for hydroxylation is 1. The maximum atomic E-state index is 12.0. The van der Waals surface area contributed by atoms with Crippen LogP contribution < -0.4 is 5.32 Å². The zero-order valence-electron chi connectivity index (χ0n) is 12.5. The highest BCUT2D eigenvalue weighted by atomic mass is 16.3. The van der Waals surface area contributed by atoms with E-state index in [-0.39, 0.29) is 18.0 Å². The van der Waals surface area contributed by atoms with E-state index in [0.29, 0.717) is 5.75 Å². The molecule has 2 N–H and O–H groups in total. The SMILES string of the molecule is CNC(=O)C1CCCCN1C(C)c1cc(C)ccc1O. The van der Waals surface area contributed by atoms with E-state index in [4.69, 9.17) is 0 Å². The van der Waals surface area contributed by atoms with Crippen molar-refractivity contribution in [2.45, 2.75) is 45.2 Å². The molecule has 0 aromatic heterocycles. The molecule has 1 aromatic rings. The van der Waals surface area contributed by atoms with Gasteiger partial charge in [0.2, 0.25) is 5.91 Å². The summed E-state index contributed by atoms with van der Waals surface area (Å²) in [6.07, 6.45) is 3.07. The Morgan fingerprint density at radius 3 is 2.90 bits per heavy atom. The normalized spacial score (nSPS) is 21.4. The maximum absolute atomic E-state index is 12.0. The van der Waals surface area contributed by atoms with Gasteiger partial charge in [0.15, 0.2) is 0 Å². The summed E-state index contributed by atoms with van der Waals surface area (Å²) in [4.78, 5) is 14.3. The summed E-state index contributed by atoms with van der Waals surface area (Å²) in [5.74, 6) is 0.382. The molecule has 4 nitrogen and oxygen atoms in total. The minimum absolute atomic E-state index is 0.0394. The molecule has 0 spiro atoms. The van der Waals surface area contributed by atoms with Crippen LogP contribution in [-0.4, -0.2) is 35.5 Å². The molecule has 0 bridgehead atoms. The highest BCUT2D eigenvalue weighted by Crippen LogP contribution is 2.33. The average molecular weight is 276 g/mol. The Kier molecular flexibility index (Phi) is 4.65. The molecule has 2 atom stereocenters. The predicted octanol–water partition coefficient (Wildman–Crippen LogP) is 2.36. The summed E-state index contributed by atoms with van der Waals surface area (Å²) in [5.41, 5.74) is 2.03. The Hall–Kier alpha value is -1.55. The van der Waals surface area contributed by atoms with Gasteiger partial charge in [-0.15, -0.1) is 0 Å². The molecule has 2 unspecified atom stereocenters. The van der Waals surface area contributed by atoms with E-state index < -0.39 is 0 Å². The third-order valence-electron chi connectivity index (χ3n) is 4.22. The first-order valence-corrected chi connectivity index (χ1v) is 7.31. The average Bonchev–Trinajstić information content (AvgIpc) is 2.48. The second-order valence-electron chi connectivity index (χ2n) is 5.60. The van der Waals surface area contributed by atoms with E-state index >= 15 is 0 Å². The number of hydrogen-bond acceptors (Lipinski definition) is 3. The molecule has 0 aliphatic carbocycles. The maximum Gasteiger partial charge on any atom is 0.237 e. The number of carbonyl (C=O) groups excluding carboxylic acids is 1. The van der Waals surface area contributed by atoms with Crippen molar-refractivity contribution in [1.82, 2.24) is 10.2 Å². The summed E-state index contributed by atoms with van der Waals surface area (Å²) in [6.45, 7) is 4.98. The molecule has 110 valence electrons. The van der Waals surface area contributed by atoms with Gasteiger partial charge in [0.1, 0.15) is 5.75 Å². The Morgan fingerprint density at radius 2 is 2.20 bits per heavy atom. The number of carbonyl (C=O) groups is 1. The number of aromatic hydroxyl groups is 1. The van der Waals surface area contributed by atoms with Crippen LogP contribution >= 0.6 is 0 Å². The van der Waals surface area contributed by atoms with Gasteiger partial charge < -0.3 is 10.4 Å². The van der Waals surface area contributed by atoms with E-state index in [9.17, 15) is 9.90 Å². The van der Waals surface area contributed by atoms with Crippen LogP contribution in [0.3, 0.4) is 0 Å². The second-order valence-corrected chi connectivity index (χ2v) is 5.60. The quantitative estimate of drug-likeness (QED) is 0.891. The van der Waals surface area contributed by atoms with Gasteiger partial charge in [0, 0.05) is 18.7 Å². The number of phenolic OH excluding ortho intramolecular Hbond substituents is 1. The lowest BCUT2D eigenvalue weighted by Gasteiger charge is -2.39. The molecule has 0 radical (unpaired) electrons. The zero-order valence-corrected chi connectivity index (χ0v) is 12.5. The Labute approximate surface area is 120 Å². The van der Waals surface area contributed by atoms with Crippen molar-refractivity contribution in [3.05, 3.63) is 29.3 Å². The van der Waals surface area contributed by atoms with E-state index in [0.717, 1.165) is 36.9 Å². The third kappa shape index (κ3) is 2.96. The first kappa shape index (κ1) is 14.9. The summed E-state index contributed by atoms with van der Waals surface area (Å²) in [5, 5.41) is 12.8. The Balaban J connectivity index is 2.27. The smallest absolute Gasteiger partial charge is 0.237 e. The molecule has 1 fully saturated rings. The number of phenols is 1. The van der Waals surface area contributed by atoms with Gasteiger partial charge in [-0.25, -0.2) is 0 Å². The van der Waals surface area contributed by atoms with Crippen LogP contribution in [0.1, 0.15) is 43.4 Å². The van der Waals surface area contributed by atoms with Gasteiger partial charge in [0.05, 0.1) is 6.04 Å². The predicted molar refractivity (Wildman–Crippen MR) is 79.7 cm³/mol. The number of hydrogen-bond donors (Lipinski definition) is 2. The summed E-state index contributed by atoms with van der Waals surface area (Å²) >= 11 is 0. The van der Waals surface area contributed by atoms with Gasteiger partial charge in [-0.2, -0.15) is 0 Å². The summed E-state index contributed by atoms with van der Waals surface area (Å²) in [7, 11) is 1.68. The number of benzene rings is 1. The summed E-state index contributed by atoms with van der Waals surface area (Å²) in [6, 6.07) is 5.59. The molecule has 1 heterocycles. The van der Waals surface area contributed by atoms with Crippen LogP contribution in [-0.2, 0) is 4.79 Å². The lowest BCUT2D eigenvalue weighted by Crippen LogP contribution is -2.49. The first-order valence-electron chi connectivity index (χ1n) is 7.31. The van der Waals surface area contributed by atoms with Crippen molar-refractivity contribution in [2.75, 3.05) is 13.6 Å². The van der Waals surface area contributed by atoms with Crippen molar-refractivity contribution in [3.63, 3.8) is 0 Å². The molecule has 1 saturated heterocycles. The van der Waals surface area contributed by atoms with Gasteiger partial charge in [-0.3, -0.25) is 9.69 Å². The number of likely N-dealkylation sites (N-methyl/N-ethyl adjacent to an activating group) is 1. The monoisotopic (exact) mass is 276 g/mol. The summed E-state index contributed by atoms with van der Waals surface area (Å²) < 4.78 is 0. The number of likely N-dealkylation sites (tertiary alicyclic amines) is 1. The molecule has 0 saturated carbocycles. The van der Waals surface area contributed by atoms with Crippen molar-refractivity contribution >= 4 is 5.91 Å². The fourth-order valence-electron chi connectivity index (χ4n) is 3.05. The van der Waals surface area contributed by atoms with Crippen LogP contribution in [0.15, 0.2) is 18.2 Å². The standard InChI is InChI=1S/C16H24N2O2/c1-11-7-8-15(19)13(10-11)12(2)18-9-5-4-6-14(18)16(20)17-3/h7-8,10,12,14,19H,4-6,9H2,1-3H3,(H,17,20). The van der Waals surface area contributed by atoms with E-state index in [1.807, 2.05) is 19.1 Å². The highest BCUT2D eigenvalue weighted by molar-refractivity contribution is 5.81. The van der Waals surface area contributed by atoms with Crippen LogP contribution in [0, 0.1) is 6.92 Å². The van der Waals surface area contributed by atoms with E-state index in [1.54, 1.807) is 13.1 Å². The van der Waals surface area contributed by atoms with Gasteiger partial charge in [0.25, 0.3) is 0 Å². The molecule has 2 rings (SSSR count). The minimum atomic E-state index is -0.0938. The minimum Gasteiger partial charge on any atom is -0.508 e. The number of nitrogens with one attached hydrogen (secondary N) is 1. The van der Waals surface area contributed by atoms with Crippen LogP contribution in [0.4, 0.5) is 0 Å². The van der Waals surface area contributed by atoms with E-state index in [1.165, 1.54) is 0 Å². The van der Waals surface area contributed by atoms with Crippen molar-refractivity contribution in [1.29, 1.82) is 0 Å². The first-order chi connectivity index (χ1) is 9.54. The number of nitrogens with zero attached hydrogens (tertiary/aromatic N) is 1. The van der Waals surface area contributed by atoms with Crippen LogP contribution in [0.2, 0.25) is 0 Å². The van der Waals surface area contributed by atoms with Crippen molar-refractivity contribution in [2.24, 2.45) is 0 Å². The molecule has 4 heteroatoms. The fraction of sp³-hybridized carbons (Fsp3) is 0.562. The molecular formula is C16H24N2O2. The molecule has 1 amide bonds. The fourth-order valence-corrected chi connectivity index (χ4v) is 3.05. The lowest BCUT2D eigenvalue weighted by molar-refractivity contribution is -0.128. The molecule has 1 aromatic carbocycles. The second kappa shape index (κ2) is 6.27. The van der Waals surface area contributed by atoms with Gasteiger partial charge in [-0.05, 0) is 39.3 Å². The molecule has 1 aliphatic rings. The van der Waals surface area contributed by atoms with Crippen LogP contribution in [0.25, 0.3) is 0 Å². The number of amides is 1. The molecule has 20 heavy (non-hydrogen) atoms. The van der Waals surface area contributed by atoms with Crippen LogP contribution in [0.5, 0.6) is 5.75 Å². The van der Waals surface area contributed by atoms with Gasteiger partial charge in [-0.1, -0.05) is 24.1 Å². The highest BCUT2D eigenvalue weighted by Gasteiger charge is 2.32. The van der Waals surface area contributed by atoms with Gasteiger partial charge >= 0.3 is 0 Å². The molecular weight excluding hydrogens is 252 g/mol. The van der Waals surface area contributed by atoms with Crippen molar-refractivity contribution in [3.8, 4) is 5.75 Å². The lowest BCUT2D eigenvalue weighted by atomic mass is 9.95. The Bertz CT molecular complexity index is 487.